The van der Waals surface area contributed by atoms with Crippen LogP contribution in [0.4, 0.5) is 0 Å². The lowest BCUT2D eigenvalue weighted by molar-refractivity contribution is -0.0107. The summed E-state index contributed by atoms with van der Waals surface area (Å²) in [6, 6.07) is 34.6. The van der Waals surface area contributed by atoms with E-state index in [-0.39, 0.29) is 32.5 Å². The molecule has 0 aromatic heterocycles. The molecule has 0 fully saturated rings. The van der Waals surface area contributed by atoms with Crippen LogP contribution in [0.3, 0.4) is 0 Å². The minimum atomic E-state index is 0.173. The number of hydrogen-bond donors (Lipinski definition) is 0. The van der Waals surface area contributed by atoms with Gasteiger partial charge in [-0.05, 0) is 90.1 Å². The highest BCUT2D eigenvalue weighted by Crippen LogP contribution is 2.31. The zero-order chi connectivity index (χ0) is 44.0. The van der Waals surface area contributed by atoms with E-state index >= 15 is 0 Å². The molecule has 0 heterocycles. The summed E-state index contributed by atoms with van der Waals surface area (Å²) in [5.41, 5.74) is 9.22. The monoisotopic (exact) mass is 795 g/mol. The van der Waals surface area contributed by atoms with Gasteiger partial charge in [0.05, 0.1) is 39.6 Å². The average molecular weight is 795 g/mol. The van der Waals surface area contributed by atoms with Crippen LogP contribution in [0.25, 0.3) is 11.1 Å². The Labute approximate surface area is 356 Å². The third-order valence-corrected chi connectivity index (χ3v) is 9.33. The molecule has 4 rings (SSSR count). The van der Waals surface area contributed by atoms with E-state index in [2.05, 4.69) is 197 Å². The first-order chi connectivity index (χ1) is 26.5. The number of ether oxygens (including phenoxy) is 4. The predicted octanol–water partition coefficient (Wildman–Crippen LogP) is 15.2. The van der Waals surface area contributed by atoms with E-state index in [4.69, 9.17) is 18.9 Å². The first-order valence-corrected chi connectivity index (χ1v) is 21.4. The molecule has 58 heavy (non-hydrogen) atoms. The Hall–Kier alpha value is -3.44. The minimum absolute atomic E-state index is 0.173. The molecule has 0 aliphatic carbocycles. The first kappa shape index (κ1) is 50.7. The van der Waals surface area contributed by atoms with Crippen LogP contribution in [0.5, 0.6) is 11.5 Å². The standard InChI is InChI=1S/C20H26O.C20H26.C14H30O3/c1-19(2,3)15-7-11-17(12-8-15)21-18-13-9-16(10-14-18)20(4,5)6;1-19(2,3)17-11-7-15(8-12-17)16-9-13-18(14-10-16)20(4,5)6;1-13(2,3)11-16-9-7-15-8-10-17-12-14(4,5)6/h7-14H,1-6H3;7-14H,1-6H3;7-12H2,1-6H3. The third kappa shape index (κ3) is 20.5. The van der Waals surface area contributed by atoms with Crippen molar-refractivity contribution in [1.29, 1.82) is 0 Å². The van der Waals surface area contributed by atoms with Gasteiger partial charge in [-0.15, -0.1) is 0 Å². The lowest BCUT2D eigenvalue weighted by Crippen LogP contribution is -2.19. The molecule has 4 aromatic rings. The highest BCUT2D eigenvalue weighted by atomic mass is 16.5. The van der Waals surface area contributed by atoms with Crippen LogP contribution in [-0.4, -0.2) is 39.6 Å². The zero-order valence-corrected chi connectivity index (χ0v) is 40.1. The fourth-order valence-electron chi connectivity index (χ4n) is 5.60. The van der Waals surface area contributed by atoms with Gasteiger partial charge in [-0.1, -0.05) is 197 Å². The maximum Gasteiger partial charge on any atom is 0.127 e. The van der Waals surface area contributed by atoms with Crippen LogP contribution >= 0.6 is 0 Å². The number of hydrogen-bond acceptors (Lipinski definition) is 4. The van der Waals surface area contributed by atoms with Gasteiger partial charge in [0.2, 0.25) is 0 Å². The normalized spacial score (nSPS) is 12.6. The first-order valence-electron chi connectivity index (χ1n) is 21.4. The second-order valence-electron chi connectivity index (χ2n) is 22.1. The highest BCUT2D eigenvalue weighted by Gasteiger charge is 2.17. The Morgan fingerprint density at radius 3 is 0.741 bits per heavy atom. The van der Waals surface area contributed by atoms with Crippen molar-refractivity contribution < 1.29 is 18.9 Å². The molecule has 0 saturated heterocycles. The molecule has 0 atom stereocenters. The number of rotatable bonds is 11. The van der Waals surface area contributed by atoms with Crippen molar-refractivity contribution >= 4 is 0 Å². The molecule has 4 heteroatoms. The lowest BCUT2D eigenvalue weighted by Gasteiger charge is -2.20. The minimum Gasteiger partial charge on any atom is -0.457 e. The molecular weight excluding hydrogens is 713 g/mol. The zero-order valence-electron chi connectivity index (χ0n) is 40.1. The largest absolute Gasteiger partial charge is 0.457 e. The van der Waals surface area contributed by atoms with Gasteiger partial charge >= 0.3 is 0 Å². The van der Waals surface area contributed by atoms with Gasteiger partial charge in [0.25, 0.3) is 0 Å². The fraction of sp³-hybridized carbons (Fsp3) is 0.556. The van der Waals surface area contributed by atoms with Crippen molar-refractivity contribution in [3.8, 4) is 22.6 Å². The average Bonchev–Trinajstić information content (AvgIpc) is 3.10. The van der Waals surface area contributed by atoms with Crippen molar-refractivity contribution in [2.45, 2.75) is 146 Å². The van der Waals surface area contributed by atoms with Gasteiger partial charge < -0.3 is 18.9 Å². The van der Waals surface area contributed by atoms with Gasteiger partial charge in [-0.2, -0.15) is 0 Å². The van der Waals surface area contributed by atoms with Gasteiger partial charge in [0, 0.05) is 0 Å². The Bertz CT molecular complexity index is 1580. The molecule has 0 spiro atoms. The van der Waals surface area contributed by atoms with E-state index in [1.165, 1.54) is 33.4 Å². The molecule has 322 valence electrons. The van der Waals surface area contributed by atoms with E-state index in [0.717, 1.165) is 24.7 Å². The summed E-state index contributed by atoms with van der Waals surface area (Å²) in [7, 11) is 0. The fourth-order valence-corrected chi connectivity index (χ4v) is 5.60. The molecule has 4 aromatic carbocycles. The van der Waals surface area contributed by atoms with Crippen LogP contribution in [0.1, 0.15) is 147 Å². The van der Waals surface area contributed by atoms with Crippen molar-refractivity contribution in [2.24, 2.45) is 10.8 Å². The van der Waals surface area contributed by atoms with E-state index in [9.17, 15) is 0 Å². The lowest BCUT2D eigenvalue weighted by atomic mass is 9.85. The molecule has 0 amide bonds. The van der Waals surface area contributed by atoms with E-state index < -0.39 is 0 Å². The third-order valence-electron chi connectivity index (χ3n) is 9.33. The van der Waals surface area contributed by atoms with Crippen LogP contribution in [0, 0.1) is 10.8 Å². The predicted molar refractivity (Wildman–Crippen MR) is 251 cm³/mol. The summed E-state index contributed by atoms with van der Waals surface area (Å²) >= 11 is 0. The van der Waals surface area contributed by atoms with Gasteiger partial charge in [-0.3, -0.25) is 0 Å². The molecule has 0 saturated carbocycles. The van der Waals surface area contributed by atoms with Crippen LogP contribution < -0.4 is 4.74 Å². The quantitative estimate of drug-likeness (QED) is 0.142. The summed E-state index contributed by atoms with van der Waals surface area (Å²) in [6.07, 6.45) is 0. The molecule has 0 N–H and O–H groups in total. The van der Waals surface area contributed by atoms with Crippen molar-refractivity contribution in [3.05, 3.63) is 119 Å². The van der Waals surface area contributed by atoms with Crippen molar-refractivity contribution in [2.75, 3.05) is 39.6 Å². The van der Waals surface area contributed by atoms with E-state index in [1.54, 1.807) is 0 Å². The summed E-state index contributed by atoms with van der Waals surface area (Å²) in [4.78, 5) is 0. The Balaban J connectivity index is 0.000000302. The van der Waals surface area contributed by atoms with E-state index in [1.807, 2.05) is 24.3 Å². The molecular formula is C54H82O4. The maximum absolute atomic E-state index is 5.91. The second-order valence-corrected chi connectivity index (χ2v) is 22.1. The molecule has 0 radical (unpaired) electrons. The Morgan fingerprint density at radius 1 is 0.293 bits per heavy atom. The van der Waals surface area contributed by atoms with Gasteiger partial charge in [0.1, 0.15) is 11.5 Å². The van der Waals surface area contributed by atoms with Crippen molar-refractivity contribution in [3.63, 3.8) is 0 Å². The summed E-state index contributed by atoms with van der Waals surface area (Å²) in [5.74, 6) is 1.76. The highest BCUT2D eigenvalue weighted by molar-refractivity contribution is 5.64. The Kier molecular flexibility index (Phi) is 19.0. The second kappa shape index (κ2) is 21.7. The topological polar surface area (TPSA) is 36.9 Å². The van der Waals surface area contributed by atoms with Crippen LogP contribution in [0.2, 0.25) is 0 Å². The van der Waals surface area contributed by atoms with Crippen molar-refractivity contribution in [1.82, 2.24) is 0 Å². The van der Waals surface area contributed by atoms with Crippen LogP contribution in [-0.2, 0) is 35.9 Å². The van der Waals surface area contributed by atoms with Gasteiger partial charge in [-0.25, -0.2) is 0 Å². The molecule has 0 unspecified atom stereocenters. The smallest absolute Gasteiger partial charge is 0.127 e. The number of benzene rings is 4. The van der Waals surface area contributed by atoms with Crippen LogP contribution in [0.15, 0.2) is 97.1 Å². The summed E-state index contributed by atoms with van der Waals surface area (Å²) in [6.45, 7) is 43.9. The molecule has 0 bridgehead atoms. The molecule has 4 nitrogen and oxygen atoms in total. The van der Waals surface area contributed by atoms with Gasteiger partial charge in [0.15, 0.2) is 0 Å². The summed E-state index contributed by atoms with van der Waals surface area (Å²) < 4.78 is 22.3. The van der Waals surface area contributed by atoms with E-state index in [0.29, 0.717) is 26.4 Å². The Morgan fingerprint density at radius 2 is 0.517 bits per heavy atom. The molecule has 0 aliphatic rings. The maximum atomic E-state index is 5.91. The summed E-state index contributed by atoms with van der Waals surface area (Å²) in [5, 5.41) is 0. The molecule has 0 aliphatic heterocycles. The SMILES string of the molecule is CC(C)(C)COCCOCCOCC(C)(C)C.CC(C)(C)c1ccc(-c2ccc(C(C)(C)C)cc2)cc1.CC(C)(C)c1ccc(Oc2ccc(C(C)(C)C)cc2)cc1.